The van der Waals surface area contributed by atoms with E-state index in [-0.39, 0.29) is 17.4 Å². The standard InChI is InChI=1S/C23H25ClN4O2/c1-27(16-19-15-25-20-4-2-3-13-28(19)20)22(30)10-12-23(11-9-21(29)26-23)14-17-5-7-18(24)8-6-17/h2-8,13,15H,9-12,14,16H2,1H3,(H,26,29)/t23-/m0/s1. The molecule has 0 unspecified atom stereocenters. The minimum absolute atomic E-state index is 0.0514. The lowest BCUT2D eigenvalue weighted by Gasteiger charge is -2.30. The normalized spacial score (nSPS) is 18.5. The van der Waals surface area contributed by atoms with E-state index in [4.69, 9.17) is 11.6 Å². The van der Waals surface area contributed by atoms with Crippen LogP contribution in [0, 0.1) is 0 Å². The number of nitrogens with zero attached hydrogens (tertiary/aromatic N) is 3. The predicted octanol–water partition coefficient (Wildman–Crippen LogP) is 3.62. The number of halogens is 1. The number of amides is 2. The van der Waals surface area contributed by atoms with E-state index in [1.807, 2.05) is 60.1 Å². The van der Waals surface area contributed by atoms with Crippen LogP contribution in [0.3, 0.4) is 0 Å². The van der Waals surface area contributed by atoms with Crippen molar-refractivity contribution < 1.29 is 9.59 Å². The molecule has 7 heteroatoms. The summed E-state index contributed by atoms with van der Waals surface area (Å²) >= 11 is 5.99. The Hall–Kier alpha value is -2.86. The summed E-state index contributed by atoms with van der Waals surface area (Å²) in [5.41, 5.74) is 2.55. The van der Waals surface area contributed by atoms with E-state index in [2.05, 4.69) is 10.3 Å². The molecular weight excluding hydrogens is 400 g/mol. The molecule has 1 atom stereocenters. The Kier molecular flexibility index (Phi) is 5.77. The number of hydrogen-bond donors (Lipinski definition) is 1. The van der Waals surface area contributed by atoms with Crippen molar-refractivity contribution in [3.8, 4) is 0 Å². The summed E-state index contributed by atoms with van der Waals surface area (Å²) in [7, 11) is 1.81. The maximum Gasteiger partial charge on any atom is 0.222 e. The summed E-state index contributed by atoms with van der Waals surface area (Å²) in [5, 5.41) is 3.83. The molecular formula is C23H25ClN4O2. The zero-order chi connectivity index (χ0) is 21.1. The maximum absolute atomic E-state index is 12.8. The minimum atomic E-state index is -0.384. The van der Waals surface area contributed by atoms with Gasteiger partial charge in [-0.25, -0.2) is 4.98 Å². The Labute approximate surface area is 180 Å². The van der Waals surface area contributed by atoms with E-state index < -0.39 is 0 Å². The molecule has 1 aliphatic rings. The van der Waals surface area contributed by atoms with Gasteiger partial charge in [0.2, 0.25) is 11.8 Å². The fraction of sp³-hybridized carbons (Fsp3) is 0.348. The number of imidazole rings is 1. The first kappa shape index (κ1) is 20.4. The van der Waals surface area contributed by atoms with E-state index in [0.717, 1.165) is 23.3 Å². The van der Waals surface area contributed by atoms with Crippen LogP contribution in [0.1, 0.15) is 36.9 Å². The molecule has 2 amide bonds. The largest absolute Gasteiger partial charge is 0.350 e. The van der Waals surface area contributed by atoms with Gasteiger partial charge in [0.25, 0.3) is 0 Å². The minimum Gasteiger partial charge on any atom is -0.350 e. The van der Waals surface area contributed by atoms with Crippen LogP contribution in [-0.4, -0.2) is 38.7 Å². The molecule has 1 fully saturated rings. The van der Waals surface area contributed by atoms with E-state index in [0.29, 0.717) is 37.3 Å². The van der Waals surface area contributed by atoms with Crippen molar-refractivity contribution in [2.24, 2.45) is 0 Å². The molecule has 0 radical (unpaired) electrons. The van der Waals surface area contributed by atoms with E-state index in [1.165, 1.54) is 0 Å². The SMILES string of the molecule is CN(Cc1cnc2ccccn12)C(=O)CC[C@]1(Cc2ccc(Cl)cc2)CCC(=O)N1. The molecule has 2 aromatic heterocycles. The molecule has 3 heterocycles. The first-order valence-corrected chi connectivity index (χ1v) is 10.5. The summed E-state index contributed by atoms with van der Waals surface area (Å²) < 4.78 is 1.99. The molecule has 156 valence electrons. The van der Waals surface area contributed by atoms with Crippen molar-refractivity contribution in [2.75, 3.05) is 7.05 Å². The molecule has 30 heavy (non-hydrogen) atoms. The Morgan fingerprint density at radius 2 is 2.07 bits per heavy atom. The molecule has 0 saturated carbocycles. The highest BCUT2D eigenvalue weighted by Gasteiger charge is 2.38. The molecule has 0 aliphatic carbocycles. The quantitative estimate of drug-likeness (QED) is 0.630. The van der Waals surface area contributed by atoms with Crippen LogP contribution in [0.15, 0.2) is 54.9 Å². The third kappa shape index (κ3) is 4.49. The van der Waals surface area contributed by atoms with Crippen molar-refractivity contribution in [1.29, 1.82) is 0 Å². The summed E-state index contributed by atoms with van der Waals surface area (Å²) in [5.74, 6) is 0.105. The second kappa shape index (κ2) is 8.48. The van der Waals surface area contributed by atoms with Gasteiger partial charge in [-0.2, -0.15) is 0 Å². The molecule has 1 N–H and O–H groups in total. The fourth-order valence-corrected chi connectivity index (χ4v) is 4.27. The highest BCUT2D eigenvalue weighted by Crippen LogP contribution is 2.30. The van der Waals surface area contributed by atoms with Crippen LogP contribution in [-0.2, 0) is 22.6 Å². The topological polar surface area (TPSA) is 66.7 Å². The molecule has 0 bridgehead atoms. The van der Waals surface area contributed by atoms with Crippen LogP contribution in [0.5, 0.6) is 0 Å². The van der Waals surface area contributed by atoms with Crippen molar-refractivity contribution in [3.63, 3.8) is 0 Å². The van der Waals surface area contributed by atoms with Gasteiger partial charge in [-0.3, -0.25) is 9.59 Å². The number of fused-ring (bicyclic) bond motifs is 1. The second-order valence-electron chi connectivity index (χ2n) is 8.06. The average molecular weight is 425 g/mol. The average Bonchev–Trinajstić information content (AvgIpc) is 3.32. The summed E-state index contributed by atoms with van der Waals surface area (Å²) in [4.78, 5) is 30.9. The van der Waals surface area contributed by atoms with Gasteiger partial charge in [-0.15, -0.1) is 0 Å². The molecule has 1 aliphatic heterocycles. The van der Waals surface area contributed by atoms with Gasteiger partial charge in [-0.1, -0.05) is 29.8 Å². The molecule has 3 aromatic rings. The lowest BCUT2D eigenvalue weighted by molar-refractivity contribution is -0.131. The Bertz CT molecular complexity index is 1060. The van der Waals surface area contributed by atoms with E-state index in [1.54, 1.807) is 11.1 Å². The number of rotatable bonds is 7. The number of nitrogens with one attached hydrogen (secondary N) is 1. The molecule has 6 nitrogen and oxygen atoms in total. The first-order valence-electron chi connectivity index (χ1n) is 10.1. The number of hydrogen-bond acceptors (Lipinski definition) is 3. The van der Waals surface area contributed by atoms with Crippen molar-refractivity contribution >= 4 is 29.1 Å². The number of aromatic nitrogens is 2. The van der Waals surface area contributed by atoms with E-state index in [9.17, 15) is 9.59 Å². The number of carbonyl (C=O) groups excluding carboxylic acids is 2. The zero-order valence-electron chi connectivity index (χ0n) is 17.0. The van der Waals surface area contributed by atoms with Crippen molar-refractivity contribution in [1.82, 2.24) is 19.6 Å². The lowest BCUT2D eigenvalue weighted by Crippen LogP contribution is -2.44. The summed E-state index contributed by atoms with van der Waals surface area (Å²) in [6, 6.07) is 13.5. The van der Waals surface area contributed by atoms with Crippen LogP contribution < -0.4 is 5.32 Å². The third-order valence-corrected chi connectivity index (χ3v) is 6.08. The van der Waals surface area contributed by atoms with Crippen molar-refractivity contribution in [2.45, 2.75) is 44.2 Å². The Balaban J connectivity index is 1.40. The van der Waals surface area contributed by atoms with Crippen LogP contribution in [0.25, 0.3) is 5.65 Å². The maximum atomic E-state index is 12.8. The van der Waals surface area contributed by atoms with Gasteiger partial charge in [0.1, 0.15) is 5.65 Å². The third-order valence-electron chi connectivity index (χ3n) is 5.83. The number of benzene rings is 1. The monoisotopic (exact) mass is 424 g/mol. The van der Waals surface area contributed by atoms with Crippen LogP contribution in [0.4, 0.5) is 0 Å². The summed E-state index contributed by atoms with van der Waals surface area (Å²) in [6.07, 6.45) is 6.67. The Morgan fingerprint density at radius 3 is 2.80 bits per heavy atom. The highest BCUT2D eigenvalue weighted by atomic mass is 35.5. The van der Waals surface area contributed by atoms with Gasteiger partial charge in [-0.05, 0) is 49.1 Å². The van der Waals surface area contributed by atoms with Gasteiger partial charge in [0, 0.05) is 36.6 Å². The van der Waals surface area contributed by atoms with Crippen molar-refractivity contribution in [3.05, 3.63) is 71.1 Å². The zero-order valence-corrected chi connectivity index (χ0v) is 17.7. The number of carbonyl (C=O) groups is 2. The first-order chi connectivity index (χ1) is 14.4. The predicted molar refractivity (Wildman–Crippen MR) is 116 cm³/mol. The lowest BCUT2D eigenvalue weighted by atomic mass is 9.85. The van der Waals surface area contributed by atoms with Gasteiger partial charge in [0.05, 0.1) is 18.4 Å². The van der Waals surface area contributed by atoms with E-state index >= 15 is 0 Å². The molecule has 4 rings (SSSR count). The molecule has 1 saturated heterocycles. The van der Waals surface area contributed by atoms with Gasteiger partial charge in [0.15, 0.2) is 0 Å². The van der Waals surface area contributed by atoms with Crippen LogP contribution >= 0.6 is 11.6 Å². The fourth-order valence-electron chi connectivity index (χ4n) is 4.15. The number of pyridine rings is 1. The van der Waals surface area contributed by atoms with Gasteiger partial charge >= 0.3 is 0 Å². The van der Waals surface area contributed by atoms with Gasteiger partial charge < -0.3 is 14.6 Å². The summed E-state index contributed by atoms with van der Waals surface area (Å²) in [6.45, 7) is 0.487. The molecule has 0 spiro atoms. The smallest absolute Gasteiger partial charge is 0.222 e. The highest BCUT2D eigenvalue weighted by molar-refractivity contribution is 6.30. The van der Waals surface area contributed by atoms with Crippen LogP contribution in [0.2, 0.25) is 5.02 Å². The Morgan fingerprint density at radius 1 is 1.27 bits per heavy atom. The molecule has 1 aromatic carbocycles. The second-order valence-corrected chi connectivity index (χ2v) is 8.50.